The topological polar surface area (TPSA) is 64.9 Å². The minimum absolute atomic E-state index is 0.180. The molecule has 1 fully saturated rings. The summed E-state index contributed by atoms with van der Waals surface area (Å²) >= 11 is 5.97. The van der Waals surface area contributed by atoms with Gasteiger partial charge in [-0.3, -0.25) is 0 Å². The number of oxime groups is 1. The van der Waals surface area contributed by atoms with Gasteiger partial charge in [0.25, 0.3) is 0 Å². The zero-order valence-corrected chi connectivity index (χ0v) is 10.5. The van der Waals surface area contributed by atoms with Crippen molar-refractivity contribution in [3.63, 3.8) is 0 Å². The number of likely N-dealkylation sites (tertiary alicyclic amines) is 1. The van der Waals surface area contributed by atoms with Crippen LogP contribution in [-0.2, 0) is 0 Å². The third-order valence-corrected chi connectivity index (χ3v) is 3.21. The number of nitrogens with one attached hydrogen (secondary N) is 1. The molecule has 2 rings (SSSR count). The molecule has 1 saturated heterocycles. The van der Waals surface area contributed by atoms with Crippen LogP contribution in [0.1, 0.15) is 12.8 Å². The predicted octanol–water partition coefficient (Wildman–Crippen LogP) is 2.80. The summed E-state index contributed by atoms with van der Waals surface area (Å²) in [6.07, 6.45) is 1.21. The highest BCUT2D eigenvalue weighted by atomic mass is 35.5. The summed E-state index contributed by atoms with van der Waals surface area (Å²) in [4.78, 5) is 13.6. The van der Waals surface area contributed by atoms with Crippen LogP contribution < -0.4 is 5.32 Å². The fourth-order valence-electron chi connectivity index (χ4n) is 1.82. The molecule has 0 unspecified atom stereocenters. The molecule has 1 aliphatic heterocycles. The zero-order chi connectivity index (χ0) is 13.0. The van der Waals surface area contributed by atoms with Gasteiger partial charge in [0.2, 0.25) is 0 Å². The van der Waals surface area contributed by atoms with E-state index in [2.05, 4.69) is 10.5 Å². The number of para-hydroxylation sites is 1. The monoisotopic (exact) mass is 267 g/mol. The first-order chi connectivity index (χ1) is 8.70. The number of amides is 2. The lowest BCUT2D eigenvalue weighted by Crippen LogP contribution is -2.41. The Labute approximate surface area is 110 Å². The summed E-state index contributed by atoms with van der Waals surface area (Å²) < 4.78 is 0. The van der Waals surface area contributed by atoms with Crippen molar-refractivity contribution < 1.29 is 10.0 Å². The average Bonchev–Trinajstić information content (AvgIpc) is 2.41. The second kappa shape index (κ2) is 5.73. The number of benzene rings is 1. The highest BCUT2D eigenvalue weighted by Gasteiger charge is 2.20. The first-order valence-electron chi connectivity index (χ1n) is 5.71. The van der Waals surface area contributed by atoms with Gasteiger partial charge in [-0.15, -0.1) is 0 Å². The predicted molar refractivity (Wildman–Crippen MR) is 70.5 cm³/mol. The summed E-state index contributed by atoms with van der Waals surface area (Å²) in [5, 5.41) is 15.1. The van der Waals surface area contributed by atoms with Crippen molar-refractivity contribution in [2.45, 2.75) is 12.8 Å². The molecule has 5 nitrogen and oxygen atoms in total. The van der Waals surface area contributed by atoms with Crippen LogP contribution in [0, 0.1) is 0 Å². The number of urea groups is 1. The molecule has 0 radical (unpaired) electrons. The van der Waals surface area contributed by atoms with Gasteiger partial charge in [0.15, 0.2) is 0 Å². The van der Waals surface area contributed by atoms with Crippen molar-refractivity contribution in [2.24, 2.45) is 5.16 Å². The van der Waals surface area contributed by atoms with Gasteiger partial charge in [0, 0.05) is 25.9 Å². The maximum atomic E-state index is 12.0. The molecule has 2 N–H and O–H groups in total. The van der Waals surface area contributed by atoms with Crippen LogP contribution in [0.4, 0.5) is 10.5 Å². The molecule has 0 bridgehead atoms. The maximum absolute atomic E-state index is 12.0. The standard InChI is InChI=1S/C12H14ClN3O2/c13-10-3-1-2-4-11(10)14-12(17)16-7-5-9(15-18)6-8-16/h1-4,18H,5-8H2,(H,14,17). The van der Waals surface area contributed by atoms with Crippen molar-refractivity contribution in [3.05, 3.63) is 29.3 Å². The summed E-state index contributed by atoms with van der Waals surface area (Å²) in [7, 11) is 0. The van der Waals surface area contributed by atoms with Gasteiger partial charge in [0.05, 0.1) is 16.4 Å². The smallest absolute Gasteiger partial charge is 0.321 e. The minimum atomic E-state index is -0.180. The number of anilines is 1. The molecule has 0 atom stereocenters. The molecule has 1 aromatic rings. The van der Waals surface area contributed by atoms with E-state index in [1.54, 1.807) is 17.0 Å². The quantitative estimate of drug-likeness (QED) is 0.607. The van der Waals surface area contributed by atoms with Crippen LogP contribution in [0.3, 0.4) is 0 Å². The Morgan fingerprint density at radius 1 is 1.33 bits per heavy atom. The zero-order valence-electron chi connectivity index (χ0n) is 9.77. The molecule has 1 aliphatic rings. The Morgan fingerprint density at radius 3 is 2.61 bits per heavy atom. The number of carbonyl (C=O) groups excluding carboxylic acids is 1. The average molecular weight is 268 g/mol. The molecule has 1 aromatic carbocycles. The van der Waals surface area contributed by atoms with Crippen molar-refractivity contribution in [1.29, 1.82) is 0 Å². The molecule has 1 heterocycles. The second-order valence-corrected chi connectivity index (χ2v) is 4.47. The van der Waals surface area contributed by atoms with E-state index in [4.69, 9.17) is 16.8 Å². The van der Waals surface area contributed by atoms with Crippen molar-refractivity contribution >= 4 is 29.0 Å². The van der Waals surface area contributed by atoms with E-state index >= 15 is 0 Å². The molecule has 0 saturated carbocycles. The Bertz CT molecular complexity index is 466. The number of hydrogen-bond acceptors (Lipinski definition) is 3. The number of hydrogen-bond donors (Lipinski definition) is 2. The molecule has 18 heavy (non-hydrogen) atoms. The number of carbonyl (C=O) groups is 1. The molecule has 0 aromatic heterocycles. The van der Waals surface area contributed by atoms with E-state index in [1.165, 1.54) is 0 Å². The van der Waals surface area contributed by atoms with Crippen LogP contribution in [0.25, 0.3) is 0 Å². The van der Waals surface area contributed by atoms with Gasteiger partial charge in [0.1, 0.15) is 0 Å². The normalized spacial score (nSPS) is 15.4. The van der Waals surface area contributed by atoms with Gasteiger partial charge < -0.3 is 15.4 Å². The van der Waals surface area contributed by atoms with Gasteiger partial charge in [-0.2, -0.15) is 0 Å². The highest BCUT2D eigenvalue weighted by Crippen LogP contribution is 2.21. The Morgan fingerprint density at radius 2 is 2.00 bits per heavy atom. The third kappa shape index (κ3) is 2.92. The minimum Gasteiger partial charge on any atom is -0.411 e. The van der Waals surface area contributed by atoms with Gasteiger partial charge in [-0.05, 0) is 12.1 Å². The number of rotatable bonds is 1. The fourth-order valence-corrected chi connectivity index (χ4v) is 2.01. The number of nitrogens with zero attached hydrogens (tertiary/aromatic N) is 2. The maximum Gasteiger partial charge on any atom is 0.321 e. The lowest BCUT2D eigenvalue weighted by atomic mass is 10.1. The Balaban J connectivity index is 1.95. The lowest BCUT2D eigenvalue weighted by molar-refractivity contribution is 0.210. The van der Waals surface area contributed by atoms with Gasteiger partial charge >= 0.3 is 6.03 Å². The lowest BCUT2D eigenvalue weighted by Gasteiger charge is -2.27. The summed E-state index contributed by atoms with van der Waals surface area (Å²) in [5.74, 6) is 0. The fraction of sp³-hybridized carbons (Fsp3) is 0.333. The third-order valence-electron chi connectivity index (χ3n) is 2.88. The second-order valence-electron chi connectivity index (χ2n) is 4.06. The first kappa shape index (κ1) is 12.7. The Kier molecular flexibility index (Phi) is 4.04. The van der Waals surface area contributed by atoms with Crippen LogP contribution in [0.5, 0.6) is 0 Å². The van der Waals surface area contributed by atoms with Crippen LogP contribution in [-0.4, -0.2) is 34.9 Å². The summed E-state index contributed by atoms with van der Waals surface area (Å²) in [6, 6.07) is 6.92. The molecule has 6 heteroatoms. The van der Waals surface area contributed by atoms with E-state index < -0.39 is 0 Å². The van der Waals surface area contributed by atoms with Crippen molar-refractivity contribution in [3.8, 4) is 0 Å². The molecule has 0 aliphatic carbocycles. The van der Waals surface area contributed by atoms with E-state index in [0.29, 0.717) is 36.6 Å². The van der Waals surface area contributed by atoms with Crippen LogP contribution in [0.15, 0.2) is 29.4 Å². The van der Waals surface area contributed by atoms with Gasteiger partial charge in [-0.25, -0.2) is 4.79 Å². The largest absolute Gasteiger partial charge is 0.411 e. The van der Waals surface area contributed by atoms with Gasteiger partial charge in [-0.1, -0.05) is 28.9 Å². The molecule has 2 amide bonds. The first-order valence-corrected chi connectivity index (χ1v) is 6.09. The van der Waals surface area contributed by atoms with Crippen LogP contribution >= 0.6 is 11.6 Å². The van der Waals surface area contributed by atoms with Crippen molar-refractivity contribution in [2.75, 3.05) is 18.4 Å². The Hall–Kier alpha value is -1.75. The summed E-state index contributed by atoms with van der Waals surface area (Å²) in [5.41, 5.74) is 1.34. The van der Waals surface area contributed by atoms with E-state index in [9.17, 15) is 4.79 Å². The molecule has 96 valence electrons. The molecular weight excluding hydrogens is 254 g/mol. The highest BCUT2D eigenvalue weighted by molar-refractivity contribution is 6.33. The number of halogens is 1. The summed E-state index contributed by atoms with van der Waals surface area (Å²) in [6.45, 7) is 1.10. The number of piperidine rings is 1. The van der Waals surface area contributed by atoms with E-state index in [1.807, 2.05) is 12.1 Å². The SMILES string of the molecule is O=C(Nc1ccccc1Cl)N1CCC(=NO)CC1. The van der Waals surface area contributed by atoms with E-state index in [0.717, 1.165) is 5.71 Å². The van der Waals surface area contributed by atoms with E-state index in [-0.39, 0.29) is 6.03 Å². The molecular formula is C12H14ClN3O2. The molecule has 0 spiro atoms. The van der Waals surface area contributed by atoms with Crippen molar-refractivity contribution in [1.82, 2.24) is 4.90 Å². The van der Waals surface area contributed by atoms with Crippen LogP contribution in [0.2, 0.25) is 5.02 Å².